The lowest BCUT2D eigenvalue weighted by Gasteiger charge is -2.26. The van der Waals surface area contributed by atoms with E-state index >= 15 is 0 Å². The maximum absolute atomic E-state index is 5.99. The van der Waals surface area contributed by atoms with Crippen LogP contribution in [-0.2, 0) is 13.0 Å². The van der Waals surface area contributed by atoms with Gasteiger partial charge in [-0.05, 0) is 38.1 Å². The molecule has 0 saturated heterocycles. The molecule has 4 rings (SSSR count). The van der Waals surface area contributed by atoms with Gasteiger partial charge in [0.15, 0.2) is 11.5 Å². The van der Waals surface area contributed by atoms with E-state index in [1.807, 2.05) is 31.2 Å². The lowest BCUT2D eigenvalue weighted by molar-refractivity contribution is 0.0901. The molecule has 2 aromatic carbocycles. The fourth-order valence-corrected chi connectivity index (χ4v) is 3.44. The van der Waals surface area contributed by atoms with Gasteiger partial charge in [0.25, 0.3) is 0 Å². The molecule has 0 bridgehead atoms. The molecule has 26 heavy (non-hydrogen) atoms. The second-order valence-electron chi connectivity index (χ2n) is 6.76. The van der Waals surface area contributed by atoms with E-state index in [-0.39, 0.29) is 12.2 Å². The maximum Gasteiger partial charge on any atom is 0.161 e. The number of fused-ring (bicyclic) bond motifs is 2. The molecule has 2 heterocycles. The highest BCUT2D eigenvalue weighted by molar-refractivity contribution is 5.48. The van der Waals surface area contributed by atoms with Crippen LogP contribution < -0.4 is 24.3 Å². The van der Waals surface area contributed by atoms with E-state index in [1.165, 1.54) is 5.56 Å². The first-order valence-corrected chi connectivity index (χ1v) is 9.27. The monoisotopic (exact) mass is 355 g/mol. The molecule has 0 amide bonds. The molecule has 0 unspecified atom stereocenters. The Morgan fingerprint density at radius 2 is 1.96 bits per heavy atom. The number of ether oxygens (including phenoxy) is 4. The molecule has 2 atom stereocenters. The third-order valence-electron chi connectivity index (χ3n) is 4.63. The first-order valence-electron chi connectivity index (χ1n) is 9.27. The summed E-state index contributed by atoms with van der Waals surface area (Å²) in [6.45, 7) is 6.70. The fourth-order valence-electron chi connectivity index (χ4n) is 3.44. The summed E-state index contributed by atoms with van der Waals surface area (Å²) in [6.07, 6.45) is 1.16. The summed E-state index contributed by atoms with van der Waals surface area (Å²) in [5.74, 6) is 3.53. The Balaban J connectivity index is 1.38. The highest BCUT2D eigenvalue weighted by Gasteiger charge is 2.23. The number of benzene rings is 2. The van der Waals surface area contributed by atoms with Gasteiger partial charge in [0.1, 0.15) is 30.3 Å². The van der Waals surface area contributed by atoms with Crippen molar-refractivity contribution < 1.29 is 18.9 Å². The molecule has 2 aliphatic heterocycles. The lowest BCUT2D eigenvalue weighted by Crippen LogP contribution is -2.38. The third kappa shape index (κ3) is 3.58. The Morgan fingerprint density at radius 3 is 2.81 bits per heavy atom. The minimum Gasteiger partial charge on any atom is -0.494 e. The highest BCUT2D eigenvalue weighted by atomic mass is 16.6. The number of hydrogen-bond donors (Lipinski definition) is 1. The summed E-state index contributed by atoms with van der Waals surface area (Å²) in [5, 5.41) is 3.46. The second-order valence-corrected chi connectivity index (χ2v) is 6.76. The number of nitrogens with one attached hydrogen (secondary N) is 1. The zero-order chi connectivity index (χ0) is 17.9. The summed E-state index contributed by atoms with van der Waals surface area (Å²) >= 11 is 0. The van der Waals surface area contributed by atoms with E-state index in [9.17, 15) is 0 Å². The average molecular weight is 355 g/mol. The minimum atomic E-state index is -0.00820. The SMILES string of the molecule is CCOc1cc2c(cc1CNC[C@H]1COc3ccccc3O1)O[C@@H](C)C2. The molecule has 0 saturated carbocycles. The van der Waals surface area contributed by atoms with E-state index in [1.54, 1.807) is 0 Å². The van der Waals surface area contributed by atoms with Crippen molar-refractivity contribution >= 4 is 0 Å². The molecule has 0 aliphatic carbocycles. The van der Waals surface area contributed by atoms with Gasteiger partial charge in [-0.2, -0.15) is 0 Å². The van der Waals surface area contributed by atoms with Gasteiger partial charge in [0.2, 0.25) is 0 Å². The maximum atomic E-state index is 5.99. The van der Waals surface area contributed by atoms with Crippen molar-refractivity contribution in [2.24, 2.45) is 0 Å². The standard InChI is InChI=1S/C21H25NO4/c1-3-23-20-9-15-8-14(2)25-21(15)10-16(20)11-22-12-17-13-24-18-6-4-5-7-19(18)26-17/h4-7,9-10,14,17,22H,3,8,11-13H2,1-2H3/t14-,17-/m0/s1. The van der Waals surface area contributed by atoms with Crippen molar-refractivity contribution in [1.82, 2.24) is 5.32 Å². The van der Waals surface area contributed by atoms with Crippen LogP contribution in [-0.4, -0.2) is 32.0 Å². The van der Waals surface area contributed by atoms with Crippen molar-refractivity contribution in [3.63, 3.8) is 0 Å². The Hall–Kier alpha value is -2.40. The van der Waals surface area contributed by atoms with Gasteiger partial charge in [-0.15, -0.1) is 0 Å². The molecule has 1 N–H and O–H groups in total. The molecule has 0 spiro atoms. The predicted molar refractivity (Wildman–Crippen MR) is 99.5 cm³/mol. The van der Waals surface area contributed by atoms with Crippen molar-refractivity contribution in [2.75, 3.05) is 19.8 Å². The van der Waals surface area contributed by atoms with Crippen molar-refractivity contribution in [1.29, 1.82) is 0 Å². The van der Waals surface area contributed by atoms with E-state index in [0.717, 1.165) is 35.0 Å². The van der Waals surface area contributed by atoms with Gasteiger partial charge in [0, 0.05) is 30.6 Å². The third-order valence-corrected chi connectivity index (χ3v) is 4.63. The van der Waals surface area contributed by atoms with E-state index in [0.29, 0.717) is 26.3 Å². The van der Waals surface area contributed by atoms with Crippen molar-refractivity contribution in [3.8, 4) is 23.0 Å². The molecule has 0 aromatic heterocycles. The smallest absolute Gasteiger partial charge is 0.161 e. The van der Waals surface area contributed by atoms with Crippen LogP contribution in [0.3, 0.4) is 0 Å². The number of para-hydroxylation sites is 2. The van der Waals surface area contributed by atoms with Crippen LogP contribution in [0, 0.1) is 0 Å². The van der Waals surface area contributed by atoms with Crippen molar-refractivity contribution in [2.45, 2.75) is 39.0 Å². The van der Waals surface area contributed by atoms with Gasteiger partial charge in [-0.1, -0.05) is 12.1 Å². The number of rotatable bonds is 6. The van der Waals surface area contributed by atoms with Crippen LogP contribution >= 0.6 is 0 Å². The Bertz CT molecular complexity index is 777. The van der Waals surface area contributed by atoms with Gasteiger partial charge >= 0.3 is 0 Å². The Labute approximate surface area is 154 Å². The summed E-state index contributed by atoms with van der Waals surface area (Å²) in [6, 6.07) is 12.0. The van der Waals surface area contributed by atoms with Crippen LogP contribution in [0.4, 0.5) is 0 Å². The van der Waals surface area contributed by atoms with Crippen LogP contribution in [0.2, 0.25) is 0 Å². The minimum absolute atomic E-state index is 0.00820. The molecule has 5 nitrogen and oxygen atoms in total. The summed E-state index contributed by atoms with van der Waals surface area (Å²) in [5.41, 5.74) is 2.34. The Kier molecular flexibility index (Phi) is 4.89. The van der Waals surface area contributed by atoms with Crippen molar-refractivity contribution in [3.05, 3.63) is 47.5 Å². The van der Waals surface area contributed by atoms with Gasteiger partial charge in [-0.25, -0.2) is 0 Å². The Morgan fingerprint density at radius 1 is 1.12 bits per heavy atom. The molecule has 138 valence electrons. The first kappa shape index (κ1) is 17.0. The molecule has 5 heteroatoms. The summed E-state index contributed by atoms with van der Waals surface area (Å²) < 4.78 is 23.5. The quantitative estimate of drug-likeness (QED) is 0.861. The highest BCUT2D eigenvalue weighted by Crippen LogP contribution is 2.35. The summed E-state index contributed by atoms with van der Waals surface area (Å²) in [4.78, 5) is 0. The van der Waals surface area contributed by atoms with Gasteiger partial charge < -0.3 is 24.3 Å². The second kappa shape index (κ2) is 7.46. The molecule has 0 fully saturated rings. The lowest BCUT2D eigenvalue weighted by atomic mass is 10.1. The normalized spacial score (nSPS) is 20.4. The van der Waals surface area contributed by atoms with Crippen LogP contribution in [0.1, 0.15) is 25.0 Å². The molecular weight excluding hydrogens is 330 g/mol. The van der Waals surface area contributed by atoms with Gasteiger partial charge in [0.05, 0.1) is 6.61 Å². The zero-order valence-electron chi connectivity index (χ0n) is 15.3. The fraction of sp³-hybridized carbons (Fsp3) is 0.429. The van der Waals surface area contributed by atoms with E-state index < -0.39 is 0 Å². The molecular formula is C21H25NO4. The predicted octanol–water partition coefficient (Wildman–Crippen LogP) is 3.34. The average Bonchev–Trinajstić information content (AvgIpc) is 3.01. The molecule has 2 aromatic rings. The van der Waals surface area contributed by atoms with Crippen LogP contribution in [0.15, 0.2) is 36.4 Å². The molecule has 0 radical (unpaired) electrons. The zero-order valence-corrected chi connectivity index (χ0v) is 15.3. The first-order chi connectivity index (χ1) is 12.7. The topological polar surface area (TPSA) is 49.0 Å². The van der Waals surface area contributed by atoms with Gasteiger partial charge in [-0.3, -0.25) is 0 Å². The van der Waals surface area contributed by atoms with Crippen LogP contribution in [0.5, 0.6) is 23.0 Å². The van der Waals surface area contributed by atoms with E-state index in [4.69, 9.17) is 18.9 Å². The largest absolute Gasteiger partial charge is 0.494 e. The molecule has 2 aliphatic rings. The van der Waals surface area contributed by atoms with E-state index in [2.05, 4.69) is 24.4 Å². The van der Waals surface area contributed by atoms with Crippen LogP contribution in [0.25, 0.3) is 0 Å². The number of hydrogen-bond acceptors (Lipinski definition) is 5. The summed E-state index contributed by atoms with van der Waals surface area (Å²) in [7, 11) is 0.